The number of piperazine rings is 1. The Morgan fingerprint density at radius 3 is 2.63 bits per heavy atom. The SMILES string of the molecule is CC(C#N)(Cc1ccc(Cl)cc1Cl)N1CCNCC1. The van der Waals surface area contributed by atoms with Gasteiger partial charge in [-0.05, 0) is 24.6 Å². The largest absolute Gasteiger partial charge is 0.314 e. The highest BCUT2D eigenvalue weighted by Gasteiger charge is 2.33. The molecule has 19 heavy (non-hydrogen) atoms. The van der Waals surface area contributed by atoms with E-state index in [4.69, 9.17) is 23.2 Å². The molecule has 5 heteroatoms. The number of hydrogen-bond donors (Lipinski definition) is 1. The average molecular weight is 298 g/mol. The van der Waals surface area contributed by atoms with Crippen LogP contribution in [0, 0.1) is 11.3 Å². The highest BCUT2D eigenvalue weighted by Crippen LogP contribution is 2.27. The Morgan fingerprint density at radius 2 is 2.05 bits per heavy atom. The van der Waals surface area contributed by atoms with Gasteiger partial charge < -0.3 is 5.32 Å². The summed E-state index contributed by atoms with van der Waals surface area (Å²) in [6.45, 7) is 5.59. The average Bonchev–Trinajstić information content (AvgIpc) is 2.43. The lowest BCUT2D eigenvalue weighted by Gasteiger charge is -2.39. The van der Waals surface area contributed by atoms with Crippen LogP contribution in [0.3, 0.4) is 0 Å². The van der Waals surface area contributed by atoms with Crippen molar-refractivity contribution in [2.24, 2.45) is 0 Å². The fraction of sp³-hybridized carbons (Fsp3) is 0.500. The molecule has 0 spiro atoms. The first-order chi connectivity index (χ1) is 9.05. The van der Waals surface area contributed by atoms with Gasteiger partial charge in [-0.3, -0.25) is 4.90 Å². The molecule has 3 nitrogen and oxygen atoms in total. The molecule has 0 saturated carbocycles. The van der Waals surface area contributed by atoms with Gasteiger partial charge in [0, 0.05) is 42.6 Å². The van der Waals surface area contributed by atoms with Crippen molar-refractivity contribution >= 4 is 23.2 Å². The zero-order valence-electron chi connectivity index (χ0n) is 10.9. The molecule has 0 aliphatic carbocycles. The Morgan fingerprint density at radius 1 is 1.37 bits per heavy atom. The van der Waals surface area contributed by atoms with Crippen LogP contribution in [0.4, 0.5) is 0 Å². The molecule has 1 heterocycles. The third-order valence-electron chi connectivity index (χ3n) is 3.61. The van der Waals surface area contributed by atoms with Gasteiger partial charge in [0.2, 0.25) is 0 Å². The van der Waals surface area contributed by atoms with E-state index in [9.17, 15) is 5.26 Å². The second kappa shape index (κ2) is 6.11. The zero-order chi connectivity index (χ0) is 13.9. The molecule has 1 aromatic carbocycles. The maximum Gasteiger partial charge on any atom is 0.110 e. The molecule has 0 amide bonds. The van der Waals surface area contributed by atoms with E-state index in [1.165, 1.54) is 0 Å². The van der Waals surface area contributed by atoms with Gasteiger partial charge >= 0.3 is 0 Å². The molecular weight excluding hydrogens is 281 g/mol. The Hall–Kier alpha value is -0.790. The van der Waals surface area contributed by atoms with Crippen LogP contribution in [0.5, 0.6) is 0 Å². The summed E-state index contributed by atoms with van der Waals surface area (Å²) in [4.78, 5) is 2.22. The topological polar surface area (TPSA) is 39.1 Å². The first-order valence-corrected chi connectivity index (χ1v) is 7.12. The van der Waals surface area contributed by atoms with Crippen LogP contribution >= 0.6 is 23.2 Å². The zero-order valence-corrected chi connectivity index (χ0v) is 12.4. The summed E-state index contributed by atoms with van der Waals surface area (Å²) in [5.74, 6) is 0. The molecule has 0 bridgehead atoms. The summed E-state index contributed by atoms with van der Waals surface area (Å²) < 4.78 is 0. The van der Waals surface area contributed by atoms with Crippen LogP contribution in [-0.4, -0.2) is 36.6 Å². The number of halogens is 2. The maximum absolute atomic E-state index is 9.56. The minimum Gasteiger partial charge on any atom is -0.314 e. The van der Waals surface area contributed by atoms with Crippen molar-refractivity contribution in [3.8, 4) is 6.07 Å². The van der Waals surface area contributed by atoms with Crippen molar-refractivity contribution in [2.45, 2.75) is 18.9 Å². The number of benzene rings is 1. The summed E-state index contributed by atoms with van der Waals surface area (Å²) in [6, 6.07) is 7.90. The van der Waals surface area contributed by atoms with Gasteiger partial charge in [0.15, 0.2) is 0 Å². The highest BCUT2D eigenvalue weighted by molar-refractivity contribution is 6.35. The first-order valence-electron chi connectivity index (χ1n) is 6.36. The number of nitrogens with zero attached hydrogens (tertiary/aromatic N) is 2. The molecule has 0 aromatic heterocycles. The first kappa shape index (κ1) is 14.6. The molecule has 2 rings (SSSR count). The standard InChI is InChI=1S/C14H17Cl2N3/c1-14(10-17,19-6-4-18-5-7-19)9-11-2-3-12(15)8-13(11)16/h2-3,8,18H,4-7,9H2,1H3. The van der Waals surface area contributed by atoms with Crippen LogP contribution in [-0.2, 0) is 6.42 Å². The molecule has 1 fully saturated rings. The van der Waals surface area contributed by atoms with Gasteiger partial charge in [-0.1, -0.05) is 29.3 Å². The Balaban J connectivity index is 2.20. The van der Waals surface area contributed by atoms with Crippen molar-refractivity contribution in [3.63, 3.8) is 0 Å². The van der Waals surface area contributed by atoms with E-state index < -0.39 is 5.54 Å². The van der Waals surface area contributed by atoms with Crippen molar-refractivity contribution in [3.05, 3.63) is 33.8 Å². The monoisotopic (exact) mass is 297 g/mol. The van der Waals surface area contributed by atoms with E-state index in [1.54, 1.807) is 6.07 Å². The predicted molar refractivity (Wildman–Crippen MR) is 78.6 cm³/mol. The number of hydrogen-bond acceptors (Lipinski definition) is 3. The quantitative estimate of drug-likeness (QED) is 0.932. The van der Waals surface area contributed by atoms with E-state index in [2.05, 4.69) is 16.3 Å². The lowest BCUT2D eigenvalue weighted by atomic mass is 9.91. The van der Waals surface area contributed by atoms with E-state index in [0.717, 1.165) is 31.7 Å². The minimum absolute atomic E-state index is 0.528. The van der Waals surface area contributed by atoms with E-state index in [0.29, 0.717) is 16.5 Å². The number of rotatable bonds is 3. The summed E-state index contributed by atoms with van der Waals surface area (Å²) in [5, 5.41) is 14.1. The Bertz CT molecular complexity index is 492. The second-order valence-corrected chi connectivity index (χ2v) is 5.88. The molecule has 1 N–H and O–H groups in total. The molecule has 1 saturated heterocycles. The van der Waals surface area contributed by atoms with E-state index >= 15 is 0 Å². The molecule has 1 unspecified atom stereocenters. The smallest absolute Gasteiger partial charge is 0.110 e. The number of nitriles is 1. The van der Waals surface area contributed by atoms with Crippen molar-refractivity contribution in [2.75, 3.05) is 26.2 Å². The Kier molecular flexibility index (Phi) is 4.70. The van der Waals surface area contributed by atoms with Gasteiger partial charge in [-0.25, -0.2) is 0 Å². The lowest BCUT2D eigenvalue weighted by molar-refractivity contribution is 0.132. The predicted octanol–water partition coefficient (Wildman–Crippen LogP) is 2.72. The fourth-order valence-corrected chi connectivity index (χ4v) is 2.89. The van der Waals surface area contributed by atoms with Crippen LogP contribution < -0.4 is 5.32 Å². The van der Waals surface area contributed by atoms with E-state index in [1.807, 2.05) is 19.1 Å². The van der Waals surface area contributed by atoms with Gasteiger partial charge in [0.1, 0.15) is 5.54 Å². The third kappa shape index (κ3) is 3.40. The van der Waals surface area contributed by atoms with E-state index in [-0.39, 0.29) is 0 Å². The summed E-state index contributed by atoms with van der Waals surface area (Å²) in [6.07, 6.45) is 0.611. The summed E-state index contributed by atoms with van der Waals surface area (Å²) >= 11 is 12.1. The minimum atomic E-state index is -0.528. The molecule has 0 radical (unpaired) electrons. The second-order valence-electron chi connectivity index (χ2n) is 5.04. The van der Waals surface area contributed by atoms with Crippen LogP contribution in [0.2, 0.25) is 10.0 Å². The van der Waals surface area contributed by atoms with Crippen molar-refractivity contribution in [1.29, 1.82) is 5.26 Å². The fourth-order valence-electron chi connectivity index (χ4n) is 2.42. The molecule has 1 aliphatic rings. The highest BCUT2D eigenvalue weighted by atomic mass is 35.5. The lowest BCUT2D eigenvalue weighted by Crippen LogP contribution is -2.55. The van der Waals surface area contributed by atoms with Crippen molar-refractivity contribution in [1.82, 2.24) is 10.2 Å². The maximum atomic E-state index is 9.56. The normalized spacial score (nSPS) is 19.7. The molecule has 102 valence electrons. The molecule has 1 aliphatic heterocycles. The van der Waals surface area contributed by atoms with Gasteiger partial charge in [0.25, 0.3) is 0 Å². The summed E-state index contributed by atoms with van der Waals surface area (Å²) in [5.41, 5.74) is 0.438. The molecular formula is C14H17Cl2N3. The van der Waals surface area contributed by atoms with Crippen LogP contribution in [0.25, 0.3) is 0 Å². The van der Waals surface area contributed by atoms with Crippen LogP contribution in [0.15, 0.2) is 18.2 Å². The molecule has 1 atom stereocenters. The van der Waals surface area contributed by atoms with Crippen LogP contribution in [0.1, 0.15) is 12.5 Å². The Labute approximate surface area is 124 Å². The third-order valence-corrected chi connectivity index (χ3v) is 4.19. The van der Waals surface area contributed by atoms with Crippen molar-refractivity contribution < 1.29 is 0 Å². The van der Waals surface area contributed by atoms with Gasteiger partial charge in [-0.2, -0.15) is 5.26 Å². The van der Waals surface area contributed by atoms with Gasteiger partial charge in [0.05, 0.1) is 6.07 Å². The summed E-state index contributed by atoms with van der Waals surface area (Å²) in [7, 11) is 0. The molecule has 1 aromatic rings. The van der Waals surface area contributed by atoms with Gasteiger partial charge in [-0.15, -0.1) is 0 Å². The number of nitrogens with one attached hydrogen (secondary N) is 1.